The lowest BCUT2D eigenvalue weighted by Gasteiger charge is -2.13. The molecule has 0 saturated carbocycles. The molecule has 0 fully saturated rings. The van der Waals surface area contributed by atoms with Crippen LogP contribution in [0.1, 0.15) is 30.6 Å². The Morgan fingerprint density at radius 3 is 2.28 bits per heavy atom. The van der Waals surface area contributed by atoms with E-state index in [0.717, 1.165) is 6.42 Å². The van der Waals surface area contributed by atoms with E-state index < -0.39 is 15.9 Å². The SMILES string of the molecule is COc1ccc(S(=O)(=O)NNC(=O)c2ccc(OCCC(C)C)c(OC)c2)cc1. The highest BCUT2D eigenvalue weighted by atomic mass is 32.2. The molecule has 0 saturated heterocycles. The van der Waals surface area contributed by atoms with Gasteiger partial charge in [-0.15, -0.1) is 4.83 Å². The summed E-state index contributed by atoms with van der Waals surface area (Å²) in [5.41, 5.74) is 2.41. The van der Waals surface area contributed by atoms with Gasteiger partial charge in [0.25, 0.3) is 15.9 Å². The molecule has 0 atom stereocenters. The molecule has 2 N–H and O–H groups in total. The second-order valence-electron chi connectivity index (χ2n) is 6.63. The van der Waals surface area contributed by atoms with Crippen LogP contribution in [0.5, 0.6) is 17.2 Å². The summed E-state index contributed by atoms with van der Waals surface area (Å²) < 4.78 is 40.6. The molecule has 0 radical (unpaired) electrons. The van der Waals surface area contributed by atoms with Gasteiger partial charge >= 0.3 is 0 Å². The molecule has 2 aromatic rings. The minimum absolute atomic E-state index is 0.00918. The first-order valence-corrected chi connectivity index (χ1v) is 10.5. The lowest BCUT2D eigenvalue weighted by atomic mass is 10.1. The summed E-state index contributed by atoms with van der Waals surface area (Å²) in [5, 5.41) is 0. The van der Waals surface area contributed by atoms with Crippen LogP contribution < -0.4 is 24.5 Å². The fourth-order valence-corrected chi connectivity index (χ4v) is 3.17. The second kappa shape index (κ2) is 10.1. The highest BCUT2D eigenvalue weighted by molar-refractivity contribution is 7.89. The first kappa shape index (κ1) is 22.5. The van der Waals surface area contributed by atoms with E-state index in [1.54, 1.807) is 6.07 Å². The number of carbonyl (C=O) groups is 1. The Balaban J connectivity index is 2.03. The minimum Gasteiger partial charge on any atom is -0.497 e. The number of hydrazine groups is 1. The van der Waals surface area contributed by atoms with Crippen LogP contribution in [0, 0.1) is 5.92 Å². The van der Waals surface area contributed by atoms with E-state index in [2.05, 4.69) is 24.1 Å². The van der Waals surface area contributed by atoms with Crippen molar-refractivity contribution in [3.05, 3.63) is 48.0 Å². The number of amides is 1. The number of ether oxygens (including phenoxy) is 3. The van der Waals surface area contributed by atoms with Gasteiger partial charge in [-0.2, -0.15) is 0 Å². The number of sulfonamides is 1. The molecular weight excluding hydrogens is 396 g/mol. The van der Waals surface area contributed by atoms with Gasteiger partial charge in [-0.3, -0.25) is 10.2 Å². The normalized spacial score (nSPS) is 11.2. The Kier molecular flexibility index (Phi) is 7.86. The molecule has 0 heterocycles. The average molecular weight is 423 g/mol. The molecule has 1 amide bonds. The van der Waals surface area contributed by atoms with E-state index in [9.17, 15) is 13.2 Å². The van der Waals surface area contributed by atoms with E-state index in [-0.39, 0.29) is 10.5 Å². The molecule has 0 aliphatic rings. The highest BCUT2D eigenvalue weighted by Crippen LogP contribution is 2.28. The summed E-state index contributed by atoms with van der Waals surface area (Å²) in [4.78, 5) is 14.4. The summed E-state index contributed by atoms with van der Waals surface area (Å²) in [5.74, 6) is 1.30. The van der Waals surface area contributed by atoms with Gasteiger partial charge in [-0.25, -0.2) is 8.42 Å². The minimum atomic E-state index is -3.93. The molecule has 0 spiro atoms. The third-order valence-corrected chi connectivity index (χ3v) is 5.31. The zero-order valence-corrected chi connectivity index (χ0v) is 17.7. The molecule has 0 aliphatic carbocycles. The molecule has 2 aromatic carbocycles. The fraction of sp³-hybridized carbons (Fsp3) is 0.350. The zero-order valence-electron chi connectivity index (χ0n) is 16.9. The van der Waals surface area contributed by atoms with Crippen molar-refractivity contribution in [2.45, 2.75) is 25.2 Å². The van der Waals surface area contributed by atoms with Crippen LogP contribution in [0.15, 0.2) is 47.4 Å². The molecule has 0 bridgehead atoms. The van der Waals surface area contributed by atoms with Crippen LogP contribution in [0.3, 0.4) is 0 Å². The van der Waals surface area contributed by atoms with Crippen LogP contribution in [0.2, 0.25) is 0 Å². The van der Waals surface area contributed by atoms with Crippen molar-refractivity contribution < 1.29 is 27.4 Å². The largest absolute Gasteiger partial charge is 0.497 e. The van der Waals surface area contributed by atoms with Crippen molar-refractivity contribution >= 4 is 15.9 Å². The predicted octanol–water partition coefficient (Wildman–Crippen LogP) is 2.75. The van der Waals surface area contributed by atoms with Gasteiger partial charge in [0.15, 0.2) is 11.5 Å². The molecular formula is C20H26N2O6S. The van der Waals surface area contributed by atoms with Crippen molar-refractivity contribution in [2.24, 2.45) is 5.92 Å². The van der Waals surface area contributed by atoms with Crippen LogP contribution in [0.25, 0.3) is 0 Å². The van der Waals surface area contributed by atoms with E-state index >= 15 is 0 Å². The number of methoxy groups -OCH3 is 2. The van der Waals surface area contributed by atoms with Gasteiger partial charge in [0.05, 0.1) is 25.7 Å². The fourth-order valence-electron chi connectivity index (χ4n) is 2.33. The number of hydrogen-bond acceptors (Lipinski definition) is 6. The number of rotatable bonds is 10. The molecule has 29 heavy (non-hydrogen) atoms. The topological polar surface area (TPSA) is 103 Å². The molecule has 0 aliphatic heterocycles. The molecule has 158 valence electrons. The molecule has 8 nitrogen and oxygen atoms in total. The maximum atomic E-state index is 12.4. The van der Waals surface area contributed by atoms with Crippen LogP contribution in [0.4, 0.5) is 0 Å². The Bertz CT molecular complexity index is 926. The van der Waals surface area contributed by atoms with E-state index in [4.69, 9.17) is 14.2 Å². The highest BCUT2D eigenvalue weighted by Gasteiger charge is 2.17. The van der Waals surface area contributed by atoms with Crippen molar-refractivity contribution in [1.29, 1.82) is 0 Å². The summed E-state index contributed by atoms with van der Waals surface area (Å²) in [7, 11) is -0.972. The summed E-state index contributed by atoms with van der Waals surface area (Å²) in [6, 6.07) is 10.4. The summed E-state index contributed by atoms with van der Waals surface area (Å²) in [6.45, 7) is 4.73. The second-order valence-corrected chi connectivity index (χ2v) is 8.31. The Hall–Kier alpha value is -2.78. The lowest BCUT2D eigenvalue weighted by molar-refractivity contribution is 0.0944. The van der Waals surface area contributed by atoms with Gasteiger partial charge in [0.1, 0.15) is 5.75 Å². The average Bonchev–Trinajstić information content (AvgIpc) is 2.72. The van der Waals surface area contributed by atoms with E-state index in [1.807, 2.05) is 0 Å². The van der Waals surface area contributed by atoms with Crippen LogP contribution in [-0.4, -0.2) is 35.2 Å². The third kappa shape index (κ3) is 6.37. The maximum Gasteiger partial charge on any atom is 0.266 e. The summed E-state index contributed by atoms with van der Waals surface area (Å²) in [6.07, 6.45) is 0.887. The van der Waals surface area contributed by atoms with Crippen molar-refractivity contribution in [1.82, 2.24) is 10.3 Å². The molecule has 0 unspecified atom stereocenters. The van der Waals surface area contributed by atoms with E-state index in [0.29, 0.717) is 29.8 Å². The van der Waals surface area contributed by atoms with Gasteiger partial charge in [0.2, 0.25) is 0 Å². The van der Waals surface area contributed by atoms with Crippen molar-refractivity contribution in [3.8, 4) is 17.2 Å². The number of nitrogens with one attached hydrogen (secondary N) is 2. The van der Waals surface area contributed by atoms with E-state index in [1.165, 1.54) is 50.6 Å². The first-order valence-electron chi connectivity index (χ1n) is 9.04. The van der Waals surface area contributed by atoms with Gasteiger partial charge < -0.3 is 14.2 Å². The van der Waals surface area contributed by atoms with Crippen molar-refractivity contribution in [3.63, 3.8) is 0 Å². The standard InChI is InChI=1S/C20H26N2O6S/c1-14(2)11-12-28-18-10-5-15(13-19(18)27-4)20(23)21-22-29(24,25)17-8-6-16(26-3)7-9-17/h5-10,13-14,22H,11-12H2,1-4H3,(H,21,23). The Morgan fingerprint density at radius 1 is 1.00 bits per heavy atom. The van der Waals surface area contributed by atoms with Gasteiger partial charge in [-0.05, 0) is 54.8 Å². The van der Waals surface area contributed by atoms with Crippen LogP contribution >= 0.6 is 0 Å². The zero-order chi connectivity index (χ0) is 21.4. The Labute approximate surface area is 171 Å². The number of benzene rings is 2. The first-order chi connectivity index (χ1) is 13.8. The third-order valence-electron chi connectivity index (χ3n) is 4.05. The smallest absolute Gasteiger partial charge is 0.266 e. The van der Waals surface area contributed by atoms with Crippen LogP contribution in [-0.2, 0) is 10.0 Å². The predicted molar refractivity (Wildman–Crippen MR) is 109 cm³/mol. The number of carbonyl (C=O) groups excluding carboxylic acids is 1. The van der Waals surface area contributed by atoms with Gasteiger partial charge in [0, 0.05) is 5.56 Å². The maximum absolute atomic E-state index is 12.4. The van der Waals surface area contributed by atoms with Gasteiger partial charge in [-0.1, -0.05) is 13.8 Å². The quantitative estimate of drug-likeness (QED) is 0.571. The summed E-state index contributed by atoms with van der Waals surface area (Å²) >= 11 is 0. The molecule has 9 heteroatoms. The lowest BCUT2D eigenvalue weighted by Crippen LogP contribution is -2.41. The molecule has 0 aromatic heterocycles. The Morgan fingerprint density at radius 2 is 1.69 bits per heavy atom. The monoisotopic (exact) mass is 422 g/mol. The van der Waals surface area contributed by atoms with Crippen molar-refractivity contribution in [2.75, 3.05) is 20.8 Å². The molecule has 2 rings (SSSR count). The number of hydrogen-bond donors (Lipinski definition) is 2.